The number of anilines is 2. The van der Waals surface area contributed by atoms with Gasteiger partial charge in [-0.1, -0.05) is 23.7 Å². The molecule has 1 N–H and O–H groups in total. The van der Waals surface area contributed by atoms with Crippen LogP contribution in [0.15, 0.2) is 42.5 Å². The molecule has 0 aromatic heterocycles. The fraction of sp³-hybridized carbons (Fsp3) is 0.278. The molecular formula is C18H21ClN2O4S. The second-order valence-electron chi connectivity index (χ2n) is 5.89. The number of aryl methyl sites for hydroxylation is 1. The second-order valence-corrected chi connectivity index (χ2v) is 8.16. The average molecular weight is 397 g/mol. The third kappa shape index (κ3) is 4.68. The summed E-state index contributed by atoms with van der Waals surface area (Å²) in [6.07, 6.45) is 1.05. The molecule has 0 spiro atoms. The molecule has 6 nitrogen and oxygen atoms in total. The lowest BCUT2D eigenvalue weighted by molar-refractivity contribution is -0.116. The molecule has 1 unspecified atom stereocenters. The van der Waals surface area contributed by atoms with Crippen LogP contribution in [0.2, 0.25) is 5.02 Å². The van der Waals surface area contributed by atoms with Crippen molar-refractivity contribution in [3.63, 3.8) is 0 Å². The normalized spacial score (nSPS) is 12.3. The summed E-state index contributed by atoms with van der Waals surface area (Å²) in [5, 5.41) is 3.13. The summed E-state index contributed by atoms with van der Waals surface area (Å²) in [4.78, 5) is 12.6. The van der Waals surface area contributed by atoms with E-state index in [-0.39, 0.29) is 0 Å². The summed E-state index contributed by atoms with van der Waals surface area (Å²) in [7, 11) is -2.18. The Bertz CT molecular complexity index is 915. The Morgan fingerprint density at radius 2 is 1.92 bits per heavy atom. The van der Waals surface area contributed by atoms with Crippen molar-refractivity contribution in [1.82, 2.24) is 0 Å². The van der Waals surface area contributed by atoms with Gasteiger partial charge in [0.2, 0.25) is 15.9 Å². The number of ether oxygens (including phenoxy) is 1. The van der Waals surface area contributed by atoms with Gasteiger partial charge in [0.1, 0.15) is 11.8 Å². The first-order chi connectivity index (χ1) is 12.1. The molecule has 2 rings (SSSR count). The lowest BCUT2D eigenvalue weighted by Crippen LogP contribution is -2.45. The van der Waals surface area contributed by atoms with Gasteiger partial charge in [-0.05, 0) is 43.7 Å². The number of benzene rings is 2. The van der Waals surface area contributed by atoms with Gasteiger partial charge in [-0.15, -0.1) is 0 Å². The van der Waals surface area contributed by atoms with Crippen molar-refractivity contribution in [3.8, 4) is 5.75 Å². The van der Waals surface area contributed by atoms with Crippen molar-refractivity contribution in [2.45, 2.75) is 19.9 Å². The zero-order valence-corrected chi connectivity index (χ0v) is 16.6. The molecule has 0 fully saturated rings. The predicted molar refractivity (Wildman–Crippen MR) is 105 cm³/mol. The smallest absolute Gasteiger partial charge is 0.247 e. The number of halogens is 1. The van der Waals surface area contributed by atoms with Crippen molar-refractivity contribution in [1.29, 1.82) is 0 Å². The van der Waals surface area contributed by atoms with E-state index < -0.39 is 22.0 Å². The lowest BCUT2D eigenvalue weighted by atomic mass is 10.2. The van der Waals surface area contributed by atoms with E-state index in [1.54, 1.807) is 36.4 Å². The van der Waals surface area contributed by atoms with Crippen LogP contribution in [0.4, 0.5) is 11.4 Å². The van der Waals surface area contributed by atoms with Crippen LogP contribution < -0.4 is 14.4 Å². The monoisotopic (exact) mass is 396 g/mol. The molecule has 1 atom stereocenters. The van der Waals surface area contributed by atoms with Crippen molar-refractivity contribution in [2.24, 2.45) is 0 Å². The number of nitrogens with zero attached hydrogens (tertiary/aromatic N) is 1. The van der Waals surface area contributed by atoms with Crippen LogP contribution >= 0.6 is 11.6 Å². The first-order valence-electron chi connectivity index (χ1n) is 7.84. The Morgan fingerprint density at radius 1 is 1.23 bits per heavy atom. The predicted octanol–water partition coefficient (Wildman–Crippen LogP) is 3.45. The summed E-state index contributed by atoms with van der Waals surface area (Å²) in [6.45, 7) is 3.33. The Kier molecular flexibility index (Phi) is 6.15. The van der Waals surface area contributed by atoms with Gasteiger partial charge in [-0.3, -0.25) is 9.10 Å². The molecule has 0 saturated heterocycles. The molecule has 0 bridgehead atoms. The summed E-state index contributed by atoms with van der Waals surface area (Å²) in [5.41, 5.74) is 1.66. The Hall–Kier alpha value is -2.25. The molecule has 0 aliphatic carbocycles. The maximum Gasteiger partial charge on any atom is 0.247 e. The minimum atomic E-state index is -3.71. The summed E-state index contributed by atoms with van der Waals surface area (Å²) < 4.78 is 30.8. The van der Waals surface area contributed by atoms with Crippen molar-refractivity contribution in [3.05, 3.63) is 53.1 Å². The third-order valence-electron chi connectivity index (χ3n) is 3.84. The molecule has 26 heavy (non-hydrogen) atoms. The Balaban J connectivity index is 2.32. The molecule has 2 aromatic carbocycles. The SMILES string of the molecule is COc1cccc(NC(=O)C(C)N(c2ccc(C)c(Cl)c2)S(C)(=O)=O)c1. The Labute approximate surface area is 158 Å². The van der Waals surface area contributed by atoms with Gasteiger partial charge in [-0.25, -0.2) is 8.42 Å². The van der Waals surface area contributed by atoms with E-state index in [9.17, 15) is 13.2 Å². The van der Waals surface area contributed by atoms with E-state index >= 15 is 0 Å². The maximum atomic E-state index is 12.6. The van der Waals surface area contributed by atoms with E-state index in [1.165, 1.54) is 20.1 Å². The molecule has 2 aromatic rings. The molecule has 1 amide bonds. The molecule has 0 aliphatic rings. The number of nitrogens with one attached hydrogen (secondary N) is 1. The fourth-order valence-electron chi connectivity index (χ4n) is 2.48. The van der Waals surface area contributed by atoms with Crippen LogP contribution in [0.5, 0.6) is 5.75 Å². The molecule has 0 radical (unpaired) electrons. The van der Waals surface area contributed by atoms with E-state index in [2.05, 4.69) is 5.32 Å². The van der Waals surface area contributed by atoms with Crippen molar-refractivity contribution in [2.75, 3.05) is 23.0 Å². The standard InChI is InChI=1S/C18H21ClN2O4S/c1-12-8-9-15(11-17(12)19)21(26(4,23)24)13(2)18(22)20-14-6-5-7-16(10-14)25-3/h5-11,13H,1-4H3,(H,20,22). The maximum absolute atomic E-state index is 12.6. The first kappa shape index (κ1) is 20.1. The number of rotatable bonds is 6. The molecule has 140 valence electrons. The number of amides is 1. The summed E-state index contributed by atoms with van der Waals surface area (Å²) in [6, 6.07) is 10.7. The number of carbonyl (C=O) groups excluding carboxylic acids is 1. The van der Waals surface area contributed by atoms with Crippen molar-refractivity contribution < 1.29 is 17.9 Å². The van der Waals surface area contributed by atoms with Gasteiger partial charge in [0.15, 0.2) is 0 Å². The van der Waals surface area contributed by atoms with Crippen LogP contribution in [0, 0.1) is 6.92 Å². The van der Waals surface area contributed by atoms with Gasteiger partial charge >= 0.3 is 0 Å². The highest BCUT2D eigenvalue weighted by Crippen LogP contribution is 2.27. The fourth-order valence-corrected chi connectivity index (χ4v) is 3.82. The highest BCUT2D eigenvalue weighted by atomic mass is 35.5. The number of hydrogen-bond donors (Lipinski definition) is 1. The van der Waals surface area contributed by atoms with Gasteiger partial charge in [-0.2, -0.15) is 0 Å². The average Bonchev–Trinajstić information content (AvgIpc) is 2.57. The summed E-state index contributed by atoms with van der Waals surface area (Å²) >= 11 is 6.12. The zero-order valence-electron chi connectivity index (χ0n) is 15.0. The van der Waals surface area contributed by atoms with Crippen LogP contribution in [-0.2, 0) is 14.8 Å². The van der Waals surface area contributed by atoms with E-state index in [0.29, 0.717) is 22.1 Å². The first-order valence-corrected chi connectivity index (χ1v) is 10.1. The van der Waals surface area contributed by atoms with Crippen LogP contribution in [0.25, 0.3) is 0 Å². The molecule has 0 aliphatic heterocycles. The van der Waals surface area contributed by atoms with Crippen LogP contribution in [0.3, 0.4) is 0 Å². The number of hydrogen-bond acceptors (Lipinski definition) is 4. The molecular weight excluding hydrogens is 376 g/mol. The minimum Gasteiger partial charge on any atom is -0.497 e. The van der Waals surface area contributed by atoms with Gasteiger partial charge in [0, 0.05) is 16.8 Å². The zero-order chi connectivity index (χ0) is 19.5. The number of sulfonamides is 1. The van der Waals surface area contributed by atoms with Gasteiger partial charge in [0.25, 0.3) is 0 Å². The topological polar surface area (TPSA) is 75.7 Å². The lowest BCUT2D eigenvalue weighted by Gasteiger charge is -2.28. The van der Waals surface area contributed by atoms with E-state index in [1.807, 2.05) is 6.92 Å². The van der Waals surface area contributed by atoms with E-state index in [0.717, 1.165) is 16.1 Å². The highest BCUT2D eigenvalue weighted by molar-refractivity contribution is 7.92. The largest absolute Gasteiger partial charge is 0.497 e. The highest BCUT2D eigenvalue weighted by Gasteiger charge is 2.29. The Morgan fingerprint density at radius 3 is 2.50 bits per heavy atom. The quantitative estimate of drug-likeness (QED) is 0.811. The number of methoxy groups -OCH3 is 1. The van der Waals surface area contributed by atoms with Crippen LogP contribution in [-0.4, -0.2) is 33.7 Å². The van der Waals surface area contributed by atoms with Crippen molar-refractivity contribution >= 4 is 38.9 Å². The third-order valence-corrected chi connectivity index (χ3v) is 5.48. The number of carbonyl (C=O) groups is 1. The van der Waals surface area contributed by atoms with Gasteiger partial charge < -0.3 is 10.1 Å². The minimum absolute atomic E-state index is 0.330. The van der Waals surface area contributed by atoms with Gasteiger partial charge in [0.05, 0.1) is 19.1 Å². The second kappa shape index (κ2) is 7.97. The molecule has 0 saturated carbocycles. The summed E-state index contributed by atoms with van der Waals surface area (Å²) in [5.74, 6) is 0.112. The van der Waals surface area contributed by atoms with E-state index in [4.69, 9.17) is 16.3 Å². The molecule has 0 heterocycles. The van der Waals surface area contributed by atoms with Crippen LogP contribution in [0.1, 0.15) is 12.5 Å². The molecule has 8 heteroatoms.